The molecule has 1 fully saturated rings. The van der Waals surface area contributed by atoms with Crippen LogP contribution in [0.15, 0.2) is 48.5 Å². The van der Waals surface area contributed by atoms with E-state index in [0.717, 1.165) is 11.3 Å². The molecule has 6 heteroatoms. The number of carbonyl (C=O) groups excluding carboxylic acids is 2. The van der Waals surface area contributed by atoms with E-state index in [0.29, 0.717) is 37.8 Å². The van der Waals surface area contributed by atoms with E-state index in [1.54, 1.807) is 17.0 Å². The number of ether oxygens (including phenoxy) is 2. The molecule has 2 heterocycles. The van der Waals surface area contributed by atoms with Crippen LogP contribution >= 0.6 is 0 Å². The Morgan fingerprint density at radius 1 is 1.08 bits per heavy atom. The van der Waals surface area contributed by atoms with Crippen LogP contribution in [-0.2, 0) is 16.1 Å². The molecule has 2 aliphatic heterocycles. The van der Waals surface area contributed by atoms with Gasteiger partial charge in [-0.25, -0.2) is 0 Å². The summed E-state index contributed by atoms with van der Waals surface area (Å²) < 4.78 is 11.1. The van der Waals surface area contributed by atoms with Crippen LogP contribution in [0.25, 0.3) is 0 Å². The van der Waals surface area contributed by atoms with Gasteiger partial charge in [0.1, 0.15) is 13.2 Å². The normalized spacial score (nSPS) is 18.7. The van der Waals surface area contributed by atoms with Gasteiger partial charge in [-0.15, -0.1) is 0 Å². The minimum Gasteiger partial charge on any atom is -0.486 e. The second-order valence-corrected chi connectivity index (χ2v) is 6.44. The average Bonchev–Trinajstić information content (AvgIpc) is 3.08. The first-order valence-electron chi connectivity index (χ1n) is 8.72. The highest BCUT2D eigenvalue weighted by Gasteiger charge is 2.35. The van der Waals surface area contributed by atoms with E-state index in [2.05, 4.69) is 5.32 Å². The molecular weight excluding hydrogens is 332 g/mol. The lowest BCUT2D eigenvalue weighted by atomic mass is 10.1. The number of fused-ring (bicyclic) bond motifs is 1. The van der Waals surface area contributed by atoms with Crippen LogP contribution in [0.3, 0.4) is 0 Å². The van der Waals surface area contributed by atoms with Crippen molar-refractivity contribution in [3.05, 3.63) is 54.1 Å². The molecule has 0 spiro atoms. The van der Waals surface area contributed by atoms with Crippen molar-refractivity contribution in [2.75, 3.05) is 24.7 Å². The summed E-state index contributed by atoms with van der Waals surface area (Å²) in [6, 6.07) is 15.2. The first-order chi connectivity index (χ1) is 12.7. The van der Waals surface area contributed by atoms with Gasteiger partial charge in [-0.1, -0.05) is 30.3 Å². The van der Waals surface area contributed by atoms with Crippen LogP contribution in [0.5, 0.6) is 11.5 Å². The summed E-state index contributed by atoms with van der Waals surface area (Å²) in [6.07, 6.45) is 0.217. The molecular formula is C20H20N2O4. The van der Waals surface area contributed by atoms with Gasteiger partial charge >= 0.3 is 0 Å². The summed E-state index contributed by atoms with van der Waals surface area (Å²) in [6.45, 7) is 1.86. The molecule has 4 rings (SSSR count). The smallest absolute Gasteiger partial charge is 0.227 e. The fraction of sp³-hybridized carbons (Fsp3) is 0.300. The van der Waals surface area contributed by atoms with E-state index in [1.165, 1.54) is 0 Å². The molecule has 134 valence electrons. The molecule has 2 aromatic carbocycles. The summed E-state index contributed by atoms with van der Waals surface area (Å²) in [5, 5.41) is 2.92. The van der Waals surface area contributed by atoms with Crippen molar-refractivity contribution in [1.82, 2.24) is 5.32 Å². The van der Waals surface area contributed by atoms with Gasteiger partial charge in [0, 0.05) is 31.3 Å². The van der Waals surface area contributed by atoms with Crippen LogP contribution < -0.4 is 19.7 Å². The monoisotopic (exact) mass is 352 g/mol. The molecule has 2 amide bonds. The van der Waals surface area contributed by atoms with Gasteiger partial charge in [-0.2, -0.15) is 0 Å². The van der Waals surface area contributed by atoms with Gasteiger partial charge < -0.3 is 19.7 Å². The Kier molecular flexibility index (Phi) is 4.48. The Balaban J connectivity index is 1.41. The molecule has 0 aromatic heterocycles. The van der Waals surface area contributed by atoms with Crippen molar-refractivity contribution in [3.63, 3.8) is 0 Å². The molecule has 1 atom stereocenters. The van der Waals surface area contributed by atoms with Gasteiger partial charge in [-0.3, -0.25) is 9.59 Å². The Morgan fingerprint density at radius 2 is 1.85 bits per heavy atom. The van der Waals surface area contributed by atoms with E-state index in [9.17, 15) is 9.59 Å². The number of hydrogen-bond donors (Lipinski definition) is 1. The van der Waals surface area contributed by atoms with Gasteiger partial charge in [0.25, 0.3) is 0 Å². The molecule has 6 nitrogen and oxygen atoms in total. The maximum atomic E-state index is 12.4. The van der Waals surface area contributed by atoms with Gasteiger partial charge in [0.15, 0.2) is 11.5 Å². The van der Waals surface area contributed by atoms with Crippen molar-refractivity contribution in [2.45, 2.75) is 13.0 Å². The van der Waals surface area contributed by atoms with Gasteiger partial charge in [-0.05, 0) is 17.7 Å². The summed E-state index contributed by atoms with van der Waals surface area (Å²) in [7, 11) is 0. The first kappa shape index (κ1) is 16.4. The Labute approximate surface area is 151 Å². The summed E-state index contributed by atoms with van der Waals surface area (Å²) >= 11 is 0. The van der Waals surface area contributed by atoms with Crippen molar-refractivity contribution in [2.24, 2.45) is 5.92 Å². The van der Waals surface area contributed by atoms with Crippen LogP contribution in [0, 0.1) is 5.92 Å². The molecule has 0 aliphatic carbocycles. The molecule has 0 unspecified atom stereocenters. The van der Waals surface area contributed by atoms with Crippen LogP contribution in [0.1, 0.15) is 12.0 Å². The van der Waals surface area contributed by atoms with E-state index in [1.807, 2.05) is 36.4 Å². The lowest BCUT2D eigenvalue weighted by molar-refractivity contribution is -0.126. The zero-order valence-corrected chi connectivity index (χ0v) is 14.3. The highest BCUT2D eigenvalue weighted by Crippen LogP contribution is 2.35. The quantitative estimate of drug-likeness (QED) is 0.915. The third kappa shape index (κ3) is 3.35. The maximum Gasteiger partial charge on any atom is 0.227 e. The van der Waals surface area contributed by atoms with E-state index >= 15 is 0 Å². The summed E-state index contributed by atoms with van der Waals surface area (Å²) in [4.78, 5) is 26.5. The standard InChI is InChI=1S/C20H20N2O4/c23-19-10-15(20(24)21-12-14-4-2-1-3-5-14)13-22(19)16-6-7-17-18(11-16)26-9-8-25-17/h1-7,11,15H,8-10,12-13H2,(H,21,24)/t15-/m1/s1. The highest BCUT2D eigenvalue weighted by molar-refractivity contribution is 6.00. The molecule has 1 saturated heterocycles. The fourth-order valence-corrected chi connectivity index (χ4v) is 3.26. The molecule has 0 bridgehead atoms. The molecule has 2 aliphatic rings. The second-order valence-electron chi connectivity index (χ2n) is 6.44. The maximum absolute atomic E-state index is 12.4. The molecule has 0 saturated carbocycles. The van der Waals surface area contributed by atoms with Crippen LogP contribution in [0.2, 0.25) is 0 Å². The fourth-order valence-electron chi connectivity index (χ4n) is 3.26. The topological polar surface area (TPSA) is 67.9 Å². The lowest BCUT2D eigenvalue weighted by Crippen LogP contribution is -2.32. The van der Waals surface area contributed by atoms with Crippen molar-refractivity contribution in [1.29, 1.82) is 0 Å². The SMILES string of the molecule is O=C(NCc1ccccc1)[C@@H]1CC(=O)N(c2ccc3c(c2)OCCO3)C1. The summed E-state index contributed by atoms with van der Waals surface area (Å²) in [5.41, 5.74) is 1.77. The first-order valence-corrected chi connectivity index (χ1v) is 8.72. The molecule has 2 aromatic rings. The lowest BCUT2D eigenvalue weighted by Gasteiger charge is -2.22. The number of rotatable bonds is 4. The minimum atomic E-state index is -0.348. The van der Waals surface area contributed by atoms with E-state index < -0.39 is 0 Å². The number of benzene rings is 2. The molecule has 26 heavy (non-hydrogen) atoms. The zero-order valence-electron chi connectivity index (χ0n) is 14.3. The minimum absolute atomic E-state index is 0.0541. The Hall–Kier alpha value is -3.02. The van der Waals surface area contributed by atoms with Crippen molar-refractivity contribution >= 4 is 17.5 Å². The third-order valence-electron chi connectivity index (χ3n) is 4.64. The average molecular weight is 352 g/mol. The summed E-state index contributed by atoms with van der Waals surface area (Å²) in [5.74, 6) is 0.825. The Morgan fingerprint density at radius 3 is 2.65 bits per heavy atom. The predicted octanol–water partition coefficient (Wildman–Crippen LogP) is 2.13. The van der Waals surface area contributed by atoms with Crippen LogP contribution in [-0.4, -0.2) is 31.6 Å². The third-order valence-corrected chi connectivity index (χ3v) is 4.64. The van der Waals surface area contributed by atoms with Gasteiger partial charge in [0.05, 0.1) is 5.92 Å². The predicted molar refractivity (Wildman–Crippen MR) is 96.2 cm³/mol. The second kappa shape index (κ2) is 7.07. The van der Waals surface area contributed by atoms with Gasteiger partial charge in [0.2, 0.25) is 11.8 Å². The van der Waals surface area contributed by atoms with E-state index in [4.69, 9.17) is 9.47 Å². The number of amides is 2. The largest absolute Gasteiger partial charge is 0.486 e. The molecule has 0 radical (unpaired) electrons. The zero-order chi connectivity index (χ0) is 17.9. The number of anilines is 1. The van der Waals surface area contributed by atoms with Crippen LogP contribution in [0.4, 0.5) is 5.69 Å². The van der Waals surface area contributed by atoms with Crippen molar-refractivity contribution < 1.29 is 19.1 Å². The Bertz CT molecular complexity index is 822. The van der Waals surface area contributed by atoms with Crippen molar-refractivity contribution in [3.8, 4) is 11.5 Å². The number of hydrogen-bond acceptors (Lipinski definition) is 4. The number of nitrogens with one attached hydrogen (secondary N) is 1. The number of carbonyl (C=O) groups is 2. The van der Waals surface area contributed by atoms with E-state index in [-0.39, 0.29) is 24.2 Å². The number of nitrogens with zero attached hydrogens (tertiary/aromatic N) is 1. The molecule has 1 N–H and O–H groups in total. The highest BCUT2D eigenvalue weighted by atomic mass is 16.6.